The van der Waals surface area contributed by atoms with Crippen molar-refractivity contribution < 1.29 is 0 Å². The lowest BCUT2D eigenvalue weighted by molar-refractivity contribution is 0.0479. The van der Waals surface area contributed by atoms with Gasteiger partial charge in [-0.2, -0.15) is 0 Å². The second-order valence-corrected chi connectivity index (χ2v) is 6.98. The molecule has 3 unspecified atom stereocenters. The molecule has 1 N–H and O–H groups in total. The van der Waals surface area contributed by atoms with E-state index in [-0.39, 0.29) is 0 Å². The number of hydrogen-bond donors (Lipinski definition) is 1. The highest BCUT2D eigenvalue weighted by atomic mass is 15.3. The van der Waals surface area contributed by atoms with Gasteiger partial charge in [0.15, 0.2) is 0 Å². The molecule has 1 saturated heterocycles. The number of hydrogen-bond acceptors (Lipinski definition) is 2. The molecule has 3 atom stereocenters. The van der Waals surface area contributed by atoms with Crippen LogP contribution in [0.2, 0.25) is 0 Å². The predicted octanol–water partition coefficient (Wildman–Crippen LogP) is 3.01. The third-order valence-corrected chi connectivity index (χ3v) is 5.49. The van der Waals surface area contributed by atoms with E-state index in [0.29, 0.717) is 11.6 Å². The summed E-state index contributed by atoms with van der Waals surface area (Å²) in [6, 6.07) is 10.4. The Balaban J connectivity index is 1.76. The standard InChI is InChI=1S/C18H28N2/c1-4-18(3)13-20(14(2)12-19-18)17-10-9-15-7-5-6-8-16(15)11-17/h5-8,14,17,19H,4,9-13H2,1-3H3. The van der Waals surface area contributed by atoms with Gasteiger partial charge in [-0.15, -0.1) is 0 Å². The van der Waals surface area contributed by atoms with Gasteiger partial charge in [-0.3, -0.25) is 4.90 Å². The maximum atomic E-state index is 3.74. The van der Waals surface area contributed by atoms with Crippen LogP contribution >= 0.6 is 0 Å². The number of piperazine rings is 1. The van der Waals surface area contributed by atoms with Crippen LogP contribution < -0.4 is 5.32 Å². The summed E-state index contributed by atoms with van der Waals surface area (Å²) in [6.45, 7) is 9.38. The number of benzene rings is 1. The van der Waals surface area contributed by atoms with Gasteiger partial charge in [-0.25, -0.2) is 0 Å². The fourth-order valence-electron chi connectivity index (χ4n) is 3.81. The summed E-state index contributed by atoms with van der Waals surface area (Å²) in [6.07, 6.45) is 5.02. The van der Waals surface area contributed by atoms with Gasteiger partial charge in [-0.1, -0.05) is 31.2 Å². The van der Waals surface area contributed by atoms with E-state index in [1.165, 1.54) is 32.2 Å². The van der Waals surface area contributed by atoms with Crippen molar-refractivity contribution >= 4 is 0 Å². The summed E-state index contributed by atoms with van der Waals surface area (Å²) in [5.74, 6) is 0. The first-order valence-electron chi connectivity index (χ1n) is 8.19. The van der Waals surface area contributed by atoms with Crippen molar-refractivity contribution in [2.45, 2.75) is 64.1 Å². The first kappa shape index (κ1) is 14.1. The predicted molar refractivity (Wildman–Crippen MR) is 85.1 cm³/mol. The molecule has 1 aromatic carbocycles. The number of fused-ring (bicyclic) bond motifs is 1. The van der Waals surface area contributed by atoms with E-state index < -0.39 is 0 Å². The third kappa shape index (κ3) is 2.64. The van der Waals surface area contributed by atoms with Gasteiger partial charge >= 0.3 is 0 Å². The molecule has 1 fully saturated rings. The first-order valence-corrected chi connectivity index (χ1v) is 8.19. The highest BCUT2D eigenvalue weighted by Gasteiger charge is 2.36. The van der Waals surface area contributed by atoms with E-state index in [1.54, 1.807) is 11.1 Å². The maximum absolute atomic E-state index is 3.74. The zero-order valence-corrected chi connectivity index (χ0v) is 13.2. The van der Waals surface area contributed by atoms with Gasteiger partial charge in [0.25, 0.3) is 0 Å². The molecule has 2 aliphatic rings. The topological polar surface area (TPSA) is 15.3 Å². The van der Waals surface area contributed by atoms with Crippen molar-refractivity contribution in [1.82, 2.24) is 10.2 Å². The lowest BCUT2D eigenvalue weighted by Gasteiger charge is -2.49. The van der Waals surface area contributed by atoms with Gasteiger partial charge in [0, 0.05) is 30.7 Å². The lowest BCUT2D eigenvalue weighted by Crippen LogP contribution is -2.64. The molecular formula is C18H28N2. The molecule has 0 aromatic heterocycles. The summed E-state index contributed by atoms with van der Waals surface area (Å²) in [7, 11) is 0. The number of nitrogens with one attached hydrogen (secondary N) is 1. The Morgan fingerprint density at radius 3 is 2.80 bits per heavy atom. The van der Waals surface area contributed by atoms with Crippen LogP contribution in [0.25, 0.3) is 0 Å². The van der Waals surface area contributed by atoms with Crippen LogP contribution in [0.5, 0.6) is 0 Å². The van der Waals surface area contributed by atoms with Crippen LogP contribution in [0.1, 0.15) is 44.7 Å². The van der Waals surface area contributed by atoms with Crippen molar-refractivity contribution in [2.24, 2.45) is 0 Å². The summed E-state index contributed by atoms with van der Waals surface area (Å²) < 4.78 is 0. The van der Waals surface area contributed by atoms with E-state index in [1.807, 2.05) is 0 Å². The Bertz CT molecular complexity index is 470. The average molecular weight is 272 g/mol. The minimum absolute atomic E-state index is 0.295. The van der Waals surface area contributed by atoms with Gasteiger partial charge in [0.05, 0.1) is 0 Å². The molecule has 1 aliphatic carbocycles. The monoisotopic (exact) mass is 272 g/mol. The Morgan fingerprint density at radius 1 is 1.30 bits per heavy atom. The van der Waals surface area contributed by atoms with Crippen molar-refractivity contribution in [3.05, 3.63) is 35.4 Å². The third-order valence-electron chi connectivity index (χ3n) is 5.49. The van der Waals surface area contributed by atoms with Gasteiger partial charge < -0.3 is 5.32 Å². The largest absolute Gasteiger partial charge is 0.309 e. The molecular weight excluding hydrogens is 244 g/mol. The first-order chi connectivity index (χ1) is 9.61. The second-order valence-electron chi connectivity index (χ2n) is 6.98. The molecule has 3 rings (SSSR count). The maximum Gasteiger partial charge on any atom is 0.0278 e. The normalized spacial score (nSPS) is 34.8. The van der Waals surface area contributed by atoms with Gasteiger partial charge in [0.2, 0.25) is 0 Å². The Morgan fingerprint density at radius 2 is 2.05 bits per heavy atom. The SMILES string of the molecule is CCC1(C)CN(C2CCc3ccccc3C2)C(C)CN1. The Labute approximate surface area is 123 Å². The molecule has 0 bridgehead atoms. The van der Waals surface area contributed by atoms with Crippen molar-refractivity contribution in [3.63, 3.8) is 0 Å². The van der Waals surface area contributed by atoms with Crippen molar-refractivity contribution in [3.8, 4) is 0 Å². The highest BCUT2D eigenvalue weighted by Crippen LogP contribution is 2.29. The zero-order valence-electron chi connectivity index (χ0n) is 13.2. The van der Waals surface area contributed by atoms with Crippen LogP contribution in [0, 0.1) is 0 Å². The van der Waals surface area contributed by atoms with Crippen LogP contribution in [0.4, 0.5) is 0 Å². The van der Waals surface area contributed by atoms with E-state index >= 15 is 0 Å². The summed E-state index contributed by atoms with van der Waals surface area (Å²) in [4.78, 5) is 2.77. The minimum Gasteiger partial charge on any atom is -0.309 e. The molecule has 2 heteroatoms. The number of rotatable bonds is 2. The molecule has 1 heterocycles. The van der Waals surface area contributed by atoms with E-state index in [2.05, 4.69) is 55.3 Å². The number of aryl methyl sites for hydroxylation is 1. The molecule has 1 aliphatic heterocycles. The highest BCUT2D eigenvalue weighted by molar-refractivity contribution is 5.30. The van der Waals surface area contributed by atoms with Crippen molar-refractivity contribution in [1.29, 1.82) is 0 Å². The van der Waals surface area contributed by atoms with Crippen LogP contribution in [0.15, 0.2) is 24.3 Å². The fraction of sp³-hybridized carbons (Fsp3) is 0.667. The molecule has 0 radical (unpaired) electrons. The quantitative estimate of drug-likeness (QED) is 0.890. The molecule has 2 nitrogen and oxygen atoms in total. The van der Waals surface area contributed by atoms with Crippen LogP contribution in [0.3, 0.4) is 0 Å². The summed E-state index contributed by atoms with van der Waals surface area (Å²) >= 11 is 0. The zero-order chi connectivity index (χ0) is 14.2. The van der Waals surface area contributed by atoms with Crippen LogP contribution in [-0.2, 0) is 12.8 Å². The minimum atomic E-state index is 0.295. The summed E-state index contributed by atoms with van der Waals surface area (Å²) in [5.41, 5.74) is 3.45. The molecule has 0 saturated carbocycles. The summed E-state index contributed by atoms with van der Waals surface area (Å²) in [5, 5.41) is 3.74. The van der Waals surface area contributed by atoms with E-state index in [9.17, 15) is 0 Å². The van der Waals surface area contributed by atoms with Crippen LogP contribution in [-0.4, -0.2) is 35.6 Å². The smallest absolute Gasteiger partial charge is 0.0278 e. The second kappa shape index (κ2) is 5.50. The van der Waals surface area contributed by atoms with Crippen molar-refractivity contribution in [2.75, 3.05) is 13.1 Å². The number of nitrogens with zero attached hydrogens (tertiary/aromatic N) is 1. The lowest BCUT2D eigenvalue weighted by atomic mass is 9.84. The fourth-order valence-corrected chi connectivity index (χ4v) is 3.81. The molecule has 0 spiro atoms. The molecule has 20 heavy (non-hydrogen) atoms. The molecule has 0 amide bonds. The average Bonchev–Trinajstić information content (AvgIpc) is 2.49. The Kier molecular flexibility index (Phi) is 3.87. The molecule has 1 aromatic rings. The van der Waals surface area contributed by atoms with Gasteiger partial charge in [-0.05, 0) is 50.7 Å². The van der Waals surface area contributed by atoms with E-state index in [0.717, 1.165) is 12.6 Å². The molecule has 110 valence electrons. The Hall–Kier alpha value is -0.860. The van der Waals surface area contributed by atoms with Gasteiger partial charge in [0.1, 0.15) is 0 Å². The van der Waals surface area contributed by atoms with E-state index in [4.69, 9.17) is 0 Å².